The molecule has 1 atom stereocenters. The van der Waals surface area contributed by atoms with Crippen LogP contribution in [0.25, 0.3) is 11.3 Å². The number of carbonyl (C=O) groups excluding carboxylic acids is 1. The number of methoxy groups -OCH3 is 1. The Morgan fingerprint density at radius 1 is 1.19 bits per heavy atom. The van der Waals surface area contributed by atoms with E-state index in [2.05, 4.69) is 57.2 Å². The molecular weight excluding hydrogens is 636 g/mol. The Morgan fingerprint density at radius 2 is 1.89 bits per heavy atom. The van der Waals surface area contributed by atoms with Crippen molar-refractivity contribution >= 4 is 43.3 Å². The Labute approximate surface area is 283 Å². The van der Waals surface area contributed by atoms with Crippen LogP contribution in [0.4, 0.5) is 22.1 Å². The van der Waals surface area contributed by atoms with E-state index in [1.54, 1.807) is 36.5 Å². The second kappa shape index (κ2) is 13.4. The number of rotatable bonds is 9. The third-order valence-electron chi connectivity index (χ3n) is 8.62. The number of nitriles is 1. The number of amides is 1. The lowest BCUT2D eigenvalue weighted by molar-refractivity contribution is 0.0575. The van der Waals surface area contributed by atoms with Crippen molar-refractivity contribution in [3.63, 3.8) is 0 Å². The van der Waals surface area contributed by atoms with Crippen LogP contribution in [-0.2, 0) is 25.9 Å². The van der Waals surface area contributed by atoms with Crippen LogP contribution in [-0.4, -0.2) is 61.4 Å². The monoisotopic (exact) mass is 680 g/mol. The maximum atomic E-state index is 13.5. The van der Waals surface area contributed by atoms with Crippen LogP contribution in [0.3, 0.4) is 0 Å². The van der Waals surface area contributed by atoms with E-state index in [-0.39, 0.29) is 28.8 Å². The molecule has 0 saturated heterocycles. The summed E-state index contributed by atoms with van der Waals surface area (Å²) in [5, 5.41) is 13.7. The summed E-state index contributed by atoms with van der Waals surface area (Å²) in [4.78, 5) is 37.2. The maximum Gasteiger partial charge on any atom is 0.414 e. The maximum absolute atomic E-state index is 13.5. The number of nitrogens with zero attached hydrogens (tertiary/aromatic N) is 5. The summed E-state index contributed by atoms with van der Waals surface area (Å²) in [5.74, 6) is 0.179. The van der Waals surface area contributed by atoms with E-state index in [1.165, 1.54) is 10.6 Å². The fraction of sp³-hybridized carbons (Fsp3) is 0.500. The average molecular weight is 681 g/mol. The Morgan fingerprint density at radius 3 is 2.51 bits per heavy atom. The van der Waals surface area contributed by atoms with Gasteiger partial charge in [0.15, 0.2) is 8.32 Å². The molecule has 1 aromatic carbocycles. The number of hydrogen-bond acceptors (Lipinski definition) is 9. The first-order valence-electron chi connectivity index (χ1n) is 15.5. The van der Waals surface area contributed by atoms with Crippen LogP contribution in [0.15, 0.2) is 41.5 Å². The average Bonchev–Trinajstić information content (AvgIpc) is 3.28. The normalized spacial score (nSPS) is 16.5. The van der Waals surface area contributed by atoms with Crippen LogP contribution >= 0.6 is 11.6 Å². The van der Waals surface area contributed by atoms with E-state index < -0.39 is 25.4 Å². The van der Waals surface area contributed by atoms with E-state index in [4.69, 9.17) is 30.5 Å². The van der Waals surface area contributed by atoms with Gasteiger partial charge >= 0.3 is 6.09 Å². The zero-order chi connectivity index (χ0) is 34.9. The Hall–Kier alpha value is -3.76. The number of anilines is 3. The van der Waals surface area contributed by atoms with Crippen molar-refractivity contribution in [1.29, 1.82) is 5.26 Å². The van der Waals surface area contributed by atoms with E-state index in [0.29, 0.717) is 47.3 Å². The third kappa shape index (κ3) is 8.04. The van der Waals surface area contributed by atoms with Gasteiger partial charge in [-0.2, -0.15) is 5.26 Å². The van der Waals surface area contributed by atoms with Gasteiger partial charge in [0.2, 0.25) is 5.95 Å². The summed E-state index contributed by atoms with van der Waals surface area (Å²) in [6.45, 7) is 19.7. The molecule has 0 fully saturated rings. The highest BCUT2D eigenvalue weighted by Gasteiger charge is 2.47. The number of nitrogens with one attached hydrogen (secondary N) is 1. The molecule has 4 rings (SSSR count). The second-order valence-electron chi connectivity index (χ2n) is 14.7. The lowest BCUT2D eigenvalue weighted by Gasteiger charge is -2.39. The fourth-order valence-corrected chi connectivity index (χ4v) is 6.37. The molecule has 1 N–H and O–H groups in total. The van der Waals surface area contributed by atoms with Gasteiger partial charge in [-0.05, 0) is 68.7 Å². The van der Waals surface area contributed by atoms with Crippen molar-refractivity contribution in [1.82, 2.24) is 14.5 Å². The van der Waals surface area contributed by atoms with E-state index in [1.807, 2.05) is 26.8 Å². The van der Waals surface area contributed by atoms with Gasteiger partial charge in [0.05, 0.1) is 28.6 Å². The number of benzene rings is 1. The minimum Gasteiger partial charge on any atom is -0.443 e. The fourth-order valence-electron chi connectivity index (χ4n) is 5.03. The van der Waals surface area contributed by atoms with Gasteiger partial charge < -0.3 is 23.8 Å². The van der Waals surface area contributed by atoms with Crippen LogP contribution in [0, 0.1) is 11.3 Å². The Bertz CT molecular complexity index is 1760. The highest BCUT2D eigenvalue weighted by molar-refractivity contribution is 6.74. The lowest BCUT2D eigenvalue weighted by atomic mass is 9.83. The van der Waals surface area contributed by atoms with E-state index in [9.17, 15) is 14.9 Å². The highest BCUT2D eigenvalue weighted by Crippen LogP contribution is 2.47. The van der Waals surface area contributed by atoms with Crippen molar-refractivity contribution < 1.29 is 18.7 Å². The Balaban J connectivity index is 1.79. The van der Waals surface area contributed by atoms with E-state index in [0.717, 1.165) is 5.56 Å². The molecule has 0 bridgehead atoms. The number of hydrogen-bond donors (Lipinski definition) is 1. The van der Waals surface area contributed by atoms with Gasteiger partial charge in [-0.3, -0.25) is 9.69 Å². The van der Waals surface area contributed by atoms with Gasteiger partial charge in [0.1, 0.15) is 17.4 Å². The molecule has 0 saturated carbocycles. The molecule has 0 radical (unpaired) electrons. The quantitative estimate of drug-likeness (QED) is 0.232. The van der Waals surface area contributed by atoms with Crippen molar-refractivity contribution in [3.05, 3.63) is 63.2 Å². The van der Waals surface area contributed by atoms with Crippen LogP contribution < -0.4 is 15.8 Å². The minimum absolute atomic E-state index is 0.0182. The zero-order valence-corrected chi connectivity index (χ0v) is 30.7. The Kier molecular flexibility index (Phi) is 10.3. The van der Waals surface area contributed by atoms with Gasteiger partial charge in [0.25, 0.3) is 5.56 Å². The molecule has 47 heavy (non-hydrogen) atoms. The van der Waals surface area contributed by atoms with Gasteiger partial charge in [-0.15, -0.1) is 0 Å². The number of pyridine rings is 1. The molecule has 13 heteroatoms. The van der Waals surface area contributed by atoms with Crippen molar-refractivity contribution in [3.8, 4) is 17.3 Å². The predicted octanol–water partition coefficient (Wildman–Crippen LogP) is 7.25. The second-order valence-corrected chi connectivity index (χ2v) is 19.9. The molecule has 2 aromatic heterocycles. The first-order chi connectivity index (χ1) is 21.8. The van der Waals surface area contributed by atoms with Crippen molar-refractivity contribution in [2.45, 2.75) is 84.2 Å². The first kappa shape index (κ1) is 36.1. The molecule has 0 aliphatic carbocycles. The topological polar surface area (TPSA) is 132 Å². The number of ether oxygens (including phenoxy) is 2. The molecule has 1 aliphatic rings. The lowest BCUT2D eigenvalue weighted by Crippen LogP contribution is -2.46. The van der Waals surface area contributed by atoms with Crippen LogP contribution in [0.5, 0.6) is 0 Å². The molecule has 1 aliphatic heterocycles. The molecule has 252 valence electrons. The number of carbonyl (C=O) groups is 1. The first-order valence-corrected chi connectivity index (χ1v) is 18.8. The smallest absolute Gasteiger partial charge is 0.414 e. The summed E-state index contributed by atoms with van der Waals surface area (Å²) in [5.41, 5.74) is 1.32. The number of fused-ring (bicyclic) bond motifs is 1. The zero-order valence-electron chi connectivity index (χ0n) is 28.9. The molecule has 3 aromatic rings. The number of aromatic nitrogens is 3. The molecule has 0 unspecified atom stereocenters. The predicted molar refractivity (Wildman–Crippen MR) is 187 cm³/mol. The third-order valence-corrected chi connectivity index (χ3v) is 13.3. The summed E-state index contributed by atoms with van der Waals surface area (Å²) in [6, 6.07) is 9.21. The van der Waals surface area contributed by atoms with Crippen molar-refractivity contribution in [2.75, 3.05) is 37.1 Å². The van der Waals surface area contributed by atoms with Gasteiger partial charge in [-0.1, -0.05) is 39.3 Å². The molecule has 1 amide bonds. The summed E-state index contributed by atoms with van der Waals surface area (Å²) in [6.07, 6.45) is 2.60. The molecule has 0 spiro atoms. The largest absolute Gasteiger partial charge is 0.443 e. The van der Waals surface area contributed by atoms with Gasteiger partial charge in [-0.25, -0.2) is 14.8 Å². The van der Waals surface area contributed by atoms with Crippen LogP contribution in [0.2, 0.25) is 23.2 Å². The minimum atomic E-state index is -2.16. The number of halogens is 1. The van der Waals surface area contributed by atoms with Gasteiger partial charge in [0, 0.05) is 50.2 Å². The molecule has 3 heterocycles. The summed E-state index contributed by atoms with van der Waals surface area (Å²) >= 11 is 6.30. The standard InChI is InChI=1S/C34H45ClN6O5Si/c1-32(2,3)46-31(43)41-20-34(7,21-45-47(9,10)33(4,5)6)25-16-22(15-23(18-36)28(25)41)26-11-12-37-30(38-26)39-27-17-24(35)19-40(29(27)42)13-14-44-8/h11-12,15-17,19H,13-14,20-21H2,1-10H3,(H,37,38,39)/t34-/m1/s1. The molecular formula is C34H45ClN6O5Si. The highest BCUT2D eigenvalue weighted by atomic mass is 35.5. The summed E-state index contributed by atoms with van der Waals surface area (Å²) < 4.78 is 19.1. The van der Waals surface area contributed by atoms with Crippen LogP contribution in [0.1, 0.15) is 59.6 Å². The molecule has 11 nitrogen and oxygen atoms in total. The SMILES string of the molecule is COCCn1cc(Cl)cc(Nc2nccc(-c3cc(C#N)c4c(c3)[C@@](C)(CO[Si](C)(C)C(C)(C)C)CN4C(=O)OC(C)(C)C)n2)c1=O. The summed E-state index contributed by atoms with van der Waals surface area (Å²) in [7, 11) is -0.606. The van der Waals surface area contributed by atoms with Crippen molar-refractivity contribution in [2.24, 2.45) is 0 Å². The van der Waals surface area contributed by atoms with E-state index >= 15 is 0 Å².